The number of fused-ring (bicyclic) bond motifs is 1. The number of nitrogens with one attached hydrogen (secondary N) is 8. The Morgan fingerprint density at radius 1 is 0.788 bits per heavy atom. The third-order valence-corrected chi connectivity index (χ3v) is 12.6. The van der Waals surface area contributed by atoms with Gasteiger partial charge in [0.2, 0.25) is 41.4 Å². The van der Waals surface area contributed by atoms with Crippen LogP contribution in [0.3, 0.4) is 0 Å². The van der Waals surface area contributed by atoms with E-state index >= 15 is 0 Å². The number of benzene rings is 2. The van der Waals surface area contributed by atoms with Crippen molar-refractivity contribution >= 4 is 58.2 Å². The van der Waals surface area contributed by atoms with E-state index in [1.165, 1.54) is 6.92 Å². The molecule has 3 aromatic rings. The summed E-state index contributed by atoms with van der Waals surface area (Å²) in [5, 5.41) is 20.9. The van der Waals surface area contributed by atoms with Crippen LogP contribution in [0.15, 0.2) is 65.8 Å². The Balaban J connectivity index is 1.49. The first-order valence-electron chi connectivity index (χ1n) is 23.4. The zero-order chi connectivity index (χ0) is 47.6. The van der Waals surface area contributed by atoms with Crippen molar-refractivity contribution in [3.8, 4) is 0 Å². The molecule has 2 fully saturated rings. The van der Waals surface area contributed by atoms with E-state index in [0.29, 0.717) is 19.3 Å². The van der Waals surface area contributed by atoms with E-state index in [0.717, 1.165) is 54.1 Å². The molecule has 2 aliphatic rings. The highest BCUT2D eigenvalue weighted by atomic mass is 16.2. The van der Waals surface area contributed by atoms with Gasteiger partial charge in [-0.15, -0.1) is 0 Å². The smallest absolute Gasteiger partial charge is 0.243 e. The van der Waals surface area contributed by atoms with Gasteiger partial charge in [0.1, 0.15) is 36.3 Å². The van der Waals surface area contributed by atoms with Crippen LogP contribution in [0.2, 0.25) is 0 Å². The Labute approximate surface area is 386 Å². The molecule has 1 aromatic heterocycles. The topological polar surface area (TPSA) is 284 Å². The lowest BCUT2D eigenvalue weighted by molar-refractivity contribution is -0.136. The molecule has 0 bridgehead atoms. The van der Waals surface area contributed by atoms with Crippen molar-refractivity contribution in [3.63, 3.8) is 0 Å². The largest absolute Gasteiger partial charge is 0.370 e. The first kappa shape index (κ1) is 50.5. The van der Waals surface area contributed by atoms with E-state index < -0.39 is 83.5 Å². The van der Waals surface area contributed by atoms with E-state index in [9.17, 15) is 33.6 Å². The zero-order valence-electron chi connectivity index (χ0n) is 38.5. The summed E-state index contributed by atoms with van der Waals surface area (Å²) in [4.78, 5) is 105. The molecule has 1 saturated heterocycles. The molecule has 1 aliphatic carbocycles. The van der Waals surface area contributed by atoms with Crippen molar-refractivity contribution in [3.05, 3.63) is 71.9 Å². The number of carbonyl (C=O) groups excluding carboxylic acids is 7. The molecule has 0 radical (unpaired) electrons. The summed E-state index contributed by atoms with van der Waals surface area (Å²) in [5.41, 5.74) is 13.5. The summed E-state index contributed by atoms with van der Waals surface area (Å²) in [6, 6.07) is 10.1. The monoisotopic (exact) mass is 912 g/mol. The van der Waals surface area contributed by atoms with Crippen LogP contribution in [-0.4, -0.2) is 102 Å². The number of hydrogen-bond acceptors (Lipinski definition) is 8. The molecule has 12 N–H and O–H groups in total. The molecule has 66 heavy (non-hydrogen) atoms. The maximum absolute atomic E-state index is 14.7. The van der Waals surface area contributed by atoms with Crippen molar-refractivity contribution in [2.24, 2.45) is 28.3 Å². The predicted octanol–water partition coefficient (Wildman–Crippen LogP) is 1.86. The molecule has 7 amide bonds. The standard InChI is InChI=1S/C48H69N11O7/c1-4-29(2)41-47(66)58-39(26-32-17-9-6-10-18-32)45(64)57-40(27-33-28-53-35-20-12-11-19-34(33)35)46(65)55-36(21-14-24-52-48(49)50)42(61)51-23-13-22-37(43(62)59-41)56-44(63)38(54-30(3)60)25-31-15-7-5-8-16-31/h5,7-8,11-12,15-16,19-20,28-29,32,36-41,53H,4,6,9-10,13-14,17-18,21-27H2,1-3H3,(H,51,61)(H,54,60)(H,55,65)(H,56,63)(H,57,64)(H,58,66)(H,59,62)(H4,49,50,52)/t29-,36-,37-,38-,39+,40-,41-/m0/s1. The number of para-hydroxylation sites is 1. The molecule has 7 atom stereocenters. The van der Waals surface area contributed by atoms with Crippen molar-refractivity contribution in [1.29, 1.82) is 0 Å². The van der Waals surface area contributed by atoms with Crippen LogP contribution < -0.4 is 48.7 Å². The molecule has 18 heteroatoms. The number of H-pyrrole nitrogens is 1. The fourth-order valence-electron chi connectivity index (χ4n) is 8.74. The summed E-state index contributed by atoms with van der Waals surface area (Å²) >= 11 is 0. The van der Waals surface area contributed by atoms with Crippen molar-refractivity contribution in [2.45, 2.75) is 140 Å². The molecule has 2 heterocycles. The zero-order valence-corrected chi connectivity index (χ0v) is 38.5. The van der Waals surface area contributed by atoms with Gasteiger partial charge >= 0.3 is 0 Å². The number of nitrogens with two attached hydrogens (primary N) is 2. The predicted molar refractivity (Wildman–Crippen MR) is 252 cm³/mol. The van der Waals surface area contributed by atoms with E-state index in [-0.39, 0.29) is 57.1 Å². The van der Waals surface area contributed by atoms with Gasteiger partial charge in [0.05, 0.1) is 0 Å². The second kappa shape index (κ2) is 25.3. The summed E-state index contributed by atoms with van der Waals surface area (Å²) in [6.07, 6.45) is 8.29. The van der Waals surface area contributed by atoms with E-state index in [1.54, 1.807) is 6.20 Å². The highest BCUT2D eigenvalue weighted by Gasteiger charge is 2.36. The Bertz CT molecular complexity index is 2150. The molecule has 0 spiro atoms. The number of aromatic amines is 1. The van der Waals surface area contributed by atoms with E-state index in [1.807, 2.05) is 68.4 Å². The molecule has 2 aromatic carbocycles. The summed E-state index contributed by atoms with van der Waals surface area (Å²) in [7, 11) is 0. The lowest BCUT2D eigenvalue weighted by Crippen LogP contribution is -2.61. The van der Waals surface area contributed by atoms with E-state index in [4.69, 9.17) is 11.5 Å². The van der Waals surface area contributed by atoms with Crippen LogP contribution in [0.1, 0.15) is 103 Å². The first-order chi connectivity index (χ1) is 31.7. The van der Waals surface area contributed by atoms with Crippen LogP contribution in [0.25, 0.3) is 10.9 Å². The van der Waals surface area contributed by atoms with Crippen molar-refractivity contribution in [2.75, 3.05) is 13.1 Å². The van der Waals surface area contributed by atoms with Crippen molar-refractivity contribution < 1.29 is 33.6 Å². The van der Waals surface area contributed by atoms with Crippen LogP contribution in [0.4, 0.5) is 0 Å². The molecular weight excluding hydrogens is 843 g/mol. The third-order valence-electron chi connectivity index (χ3n) is 12.6. The summed E-state index contributed by atoms with van der Waals surface area (Å²) in [6.45, 7) is 5.24. The second-order valence-electron chi connectivity index (χ2n) is 17.7. The van der Waals surface area contributed by atoms with Crippen molar-refractivity contribution in [1.82, 2.24) is 42.2 Å². The molecular formula is C48H69N11O7. The van der Waals surface area contributed by atoms with Crippen LogP contribution in [0, 0.1) is 11.8 Å². The highest BCUT2D eigenvalue weighted by molar-refractivity contribution is 5.97. The molecule has 1 aliphatic heterocycles. The van der Waals surface area contributed by atoms with Gasteiger partial charge < -0.3 is 53.7 Å². The number of carbonyl (C=O) groups is 7. The minimum Gasteiger partial charge on any atom is -0.370 e. The van der Waals surface area contributed by atoms with Gasteiger partial charge in [-0.05, 0) is 61.1 Å². The second-order valence-corrected chi connectivity index (χ2v) is 17.7. The Hall–Kier alpha value is -6.46. The van der Waals surface area contributed by atoms with Gasteiger partial charge in [-0.25, -0.2) is 0 Å². The summed E-state index contributed by atoms with van der Waals surface area (Å²) < 4.78 is 0. The average Bonchev–Trinajstić information content (AvgIpc) is 3.71. The van der Waals surface area contributed by atoms with Crippen LogP contribution >= 0.6 is 0 Å². The molecule has 1 saturated carbocycles. The lowest BCUT2D eigenvalue weighted by atomic mass is 9.84. The fraction of sp³-hybridized carbons (Fsp3) is 0.542. The number of rotatable bonds is 15. The maximum Gasteiger partial charge on any atom is 0.243 e. The average molecular weight is 912 g/mol. The van der Waals surface area contributed by atoms with Crippen LogP contribution in [-0.2, 0) is 46.4 Å². The Morgan fingerprint density at radius 3 is 2.18 bits per heavy atom. The molecule has 0 unspecified atom stereocenters. The SMILES string of the molecule is CC[C@H](C)[C@@H]1NC(=O)[C@@H](NC(=O)[C@H](Cc2ccccc2)NC(C)=O)CCCNC(=O)[C@H](CCCN=C(N)N)NC(=O)[C@H](Cc2c[nH]c3ccccc23)NC(=O)[C@@H](CC2CCCCC2)NC1=O. The fourth-order valence-corrected chi connectivity index (χ4v) is 8.74. The van der Waals surface area contributed by atoms with Crippen LogP contribution in [0.5, 0.6) is 0 Å². The van der Waals surface area contributed by atoms with Gasteiger partial charge in [0.15, 0.2) is 5.96 Å². The Kier molecular flexibility index (Phi) is 19.4. The van der Waals surface area contributed by atoms with Gasteiger partial charge in [-0.2, -0.15) is 0 Å². The number of hydrogen-bond donors (Lipinski definition) is 10. The molecule has 358 valence electrons. The number of aliphatic imine (C=N–C) groups is 1. The minimum absolute atomic E-state index is 0.0335. The molecule has 5 rings (SSSR count). The normalized spacial score (nSPS) is 22.8. The minimum atomic E-state index is -1.19. The van der Waals surface area contributed by atoms with E-state index in [2.05, 4.69) is 47.2 Å². The molecule has 18 nitrogen and oxygen atoms in total. The maximum atomic E-state index is 14.7. The number of aromatic nitrogens is 1. The van der Waals surface area contributed by atoms with Gasteiger partial charge in [0, 0.05) is 50.0 Å². The number of amides is 7. The van der Waals surface area contributed by atoms with Gasteiger partial charge in [-0.1, -0.05) is 101 Å². The number of nitrogens with zero attached hydrogens (tertiary/aromatic N) is 1. The van der Waals surface area contributed by atoms with Gasteiger partial charge in [0.25, 0.3) is 0 Å². The summed E-state index contributed by atoms with van der Waals surface area (Å²) in [5.74, 6) is -4.36. The highest BCUT2D eigenvalue weighted by Crippen LogP contribution is 2.28. The lowest BCUT2D eigenvalue weighted by Gasteiger charge is -2.31. The third kappa shape index (κ3) is 15.3. The first-order valence-corrected chi connectivity index (χ1v) is 23.4. The number of guanidine groups is 1. The van der Waals surface area contributed by atoms with Gasteiger partial charge in [-0.3, -0.25) is 38.6 Å². The quantitative estimate of drug-likeness (QED) is 0.0605. The Morgan fingerprint density at radius 2 is 1.47 bits per heavy atom.